The molecule has 9 heteroatoms. The highest BCUT2D eigenvalue weighted by Gasteiger charge is 2.30. The average molecular weight is 432 g/mol. The molecule has 6 nitrogen and oxygen atoms in total. The first-order chi connectivity index (χ1) is 14.6. The number of anilines is 1. The molecule has 31 heavy (non-hydrogen) atoms. The molecule has 164 valence electrons. The van der Waals surface area contributed by atoms with E-state index in [1.165, 1.54) is 12.1 Å². The fraction of sp³-hybridized carbons (Fsp3) is 0.273. The number of para-hydroxylation sites is 1. The standard InChI is InChI=1S/C22H23F3N4O2/c1-28(2)19(17-13-29(3)18-10-5-4-9-16(17)18)12-26-20(30)21(31)27-15-8-6-7-14(11-15)22(23,24)25/h4-11,13,19H,12H2,1-3H3,(H,26,30)(H,27,31)/t19-/m1/s1. The minimum Gasteiger partial charge on any atom is -0.350 e. The Labute approximate surface area is 177 Å². The van der Waals surface area contributed by atoms with Crippen molar-refractivity contribution in [1.82, 2.24) is 14.8 Å². The van der Waals surface area contributed by atoms with E-state index in [-0.39, 0.29) is 18.3 Å². The molecule has 2 aromatic carbocycles. The van der Waals surface area contributed by atoms with Crippen molar-refractivity contribution in [2.75, 3.05) is 26.0 Å². The molecule has 2 amide bonds. The van der Waals surface area contributed by atoms with Crippen molar-refractivity contribution in [1.29, 1.82) is 0 Å². The normalized spacial score (nSPS) is 12.7. The van der Waals surface area contributed by atoms with Gasteiger partial charge in [0.2, 0.25) is 0 Å². The SMILES string of the molecule is CN(C)[C@H](CNC(=O)C(=O)Nc1cccc(C(F)(F)F)c1)c1cn(C)c2ccccc12. The summed E-state index contributed by atoms with van der Waals surface area (Å²) in [5.41, 5.74) is 1.02. The number of benzene rings is 2. The molecule has 2 N–H and O–H groups in total. The summed E-state index contributed by atoms with van der Waals surface area (Å²) in [5.74, 6) is -1.96. The fourth-order valence-electron chi connectivity index (χ4n) is 3.44. The first-order valence-electron chi connectivity index (χ1n) is 9.54. The zero-order valence-corrected chi connectivity index (χ0v) is 17.3. The van der Waals surface area contributed by atoms with E-state index < -0.39 is 23.6 Å². The Morgan fingerprint density at radius 2 is 1.77 bits per heavy atom. The van der Waals surface area contributed by atoms with Crippen LogP contribution < -0.4 is 10.6 Å². The molecular weight excluding hydrogens is 409 g/mol. The largest absolute Gasteiger partial charge is 0.416 e. The van der Waals surface area contributed by atoms with Gasteiger partial charge in [-0.15, -0.1) is 0 Å². The third-order valence-corrected chi connectivity index (χ3v) is 5.02. The zero-order chi connectivity index (χ0) is 22.8. The number of rotatable bonds is 5. The van der Waals surface area contributed by atoms with E-state index in [0.717, 1.165) is 28.6 Å². The van der Waals surface area contributed by atoms with Gasteiger partial charge in [-0.3, -0.25) is 9.59 Å². The predicted molar refractivity (Wildman–Crippen MR) is 112 cm³/mol. The maximum atomic E-state index is 12.8. The Balaban J connectivity index is 1.70. The summed E-state index contributed by atoms with van der Waals surface area (Å²) in [6.07, 6.45) is -2.56. The van der Waals surface area contributed by atoms with Crippen LogP contribution in [0, 0.1) is 0 Å². The summed E-state index contributed by atoms with van der Waals surface area (Å²) in [6.45, 7) is 0.149. The van der Waals surface area contributed by atoms with Crippen molar-refractivity contribution in [2.24, 2.45) is 7.05 Å². The van der Waals surface area contributed by atoms with Gasteiger partial charge < -0.3 is 20.1 Å². The number of likely N-dealkylation sites (N-methyl/N-ethyl adjacent to an activating group) is 1. The quantitative estimate of drug-likeness (QED) is 0.606. The maximum absolute atomic E-state index is 12.8. The van der Waals surface area contributed by atoms with E-state index in [1.807, 2.05) is 61.1 Å². The number of amides is 2. The third-order valence-electron chi connectivity index (χ3n) is 5.02. The van der Waals surface area contributed by atoms with Gasteiger partial charge in [0.15, 0.2) is 0 Å². The summed E-state index contributed by atoms with van der Waals surface area (Å²) in [6, 6.07) is 11.8. The number of aryl methyl sites for hydroxylation is 1. The Morgan fingerprint density at radius 3 is 2.45 bits per heavy atom. The summed E-state index contributed by atoms with van der Waals surface area (Å²) >= 11 is 0. The highest BCUT2D eigenvalue weighted by Crippen LogP contribution is 2.31. The topological polar surface area (TPSA) is 66.4 Å². The molecule has 1 heterocycles. The number of aromatic nitrogens is 1. The summed E-state index contributed by atoms with van der Waals surface area (Å²) in [4.78, 5) is 26.4. The summed E-state index contributed by atoms with van der Waals surface area (Å²) in [7, 11) is 5.66. The molecule has 1 aromatic heterocycles. The molecule has 3 aromatic rings. The zero-order valence-electron chi connectivity index (χ0n) is 17.3. The number of hydrogen-bond acceptors (Lipinski definition) is 3. The monoisotopic (exact) mass is 432 g/mol. The van der Waals surface area contributed by atoms with Crippen LogP contribution in [0.4, 0.5) is 18.9 Å². The van der Waals surface area contributed by atoms with Crippen LogP contribution in [0.1, 0.15) is 17.2 Å². The van der Waals surface area contributed by atoms with Crippen molar-refractivity contribution in [2.45, 2.75) is 12.2 Å². The molecule has 0 bridgehead atoms. The number of halogens is 3. The Bertz CT molecular complexity index is 1110. The Morgan fingerprint density at radius 1 is 1.06 bits per heavy atom. The van der Waals surface area contributed by atoms with E-state index >= 15 is 0 Å². The summed E-state index contributed by atoms with van der Waals surface area (Å²) in [5, 5.41) is 5.82. The second-order valence-electron chi connectivity index (χ2n) is 7.43. The van der Waals surface area contributed by atoms with Gasteiger partial charge in [0.25, 0.3) is 0 Å². The minimum atomic E-state index is -4.54. The van der Waals surface area contributed by atoms with Crippen LogP contribution >= 0.6 is 0 Å². The van der Waals surface area contributed by atoms with Crippen LogP contribution in [-0.2, 0) is 22.8 Å². The second kappa shape index (κ2) is 8.81. The predicted octanol–water partition coefficient (Wildman–Crippen LogP) is 3.55. The van der Waals surface area contributed by atoms with Crippen molar-refractivity contribution in [3.8, 4) is 0 Å². The molecule has 0 aliphatic heterocycles. The van der Waals surface area contributed by atoms with E-state index in [1.54, 1.807) is 0 Å². The molecule has 0 aliphatic carbocycles. The van der Waals surface area contributed by atoms with Crippen LogP contribution in [0.3, 0.4) is 0 Å². The molecule has 1 atom stereocenters. The van der Waals surface area contributed by atoms with Gasteiger partial charge in [0.1, 0.15) is 0 Å². The molecule has 0 saturated carbocycles. The highest BCUT2D eigenvalue weighted by molar-refractivity contribution is 6.39. The van der Waals surface area contributed by atoms with Gasteiger partial charge in [0, 0.05) is 36.4 Å². The smallest absolute Gasteiger partial charge is 0.350 e. The van der Waals surface area contributed by atoms with E-state index in [2.05, 4.69) is 10.6 Å². The van der Waals surface area contributed by atoms with Gasteiger partial charge in [-0.2, -0.15) is 13.2 Å². The number of carbonyl (C=O) groups excluding carboxylic acids is 2. The first kappa shape index (κ1) is 22.4. The van der Waals surface area contributed by atoms with Crippen LogP contribution in [0.5, 0.6) is 0 Å². The Hall–Kier alpha value is -3.33. The first-order valence-corrected chi connectivity index (χ1v) is 9.54. The van der Waals surface area contributed by atoms with Crippen LogP contribution in [0.2, 0.25) is 0 Å². The number of hydrogen-bond donors (Lipinski definition) is 2. The van der Waals surface area contributed by atoms with Crippen molar-refractivity contribution >= 4 is 28.4 Å². The number of nitrogens with one attached hydrogen (secondary N) is 2. The average Bonchev–Trinajstić information content (AvgIpc) is 3.04. The van der Waals surface area contributed by atoms with E-state index in [4.69, 9.17) is 0 Å². The van der Waals surface area contributed by atoms with Crippen molar-refractivity contribution in [3.05, 3.63) is 65.9 Å². The second-order valence-corrected chi connectivity index (χ2v) is 7.43. The van der Waals surface area contributed by atoms with E-state index in [0.29, 0.717) is 0 Å². The maximum Gasteiger partial charge on any atom is 0.416 e. The number of fused-ring (bicyclic) bond motifs is 1. The van der Waals surface area contributed by atoms with Crippen LogP contribution in [0.25, 0.3) is 10.9 Å². The van der Waals surface area contributed by atoms with Gasteiger partial charge in [-0.05, 0) is 43.9 Å². The highest BCUT2D eigenvalue weighted by atomic mass is 19.4. The molecule has 0 saturated heterocycles. The van der Waals surface area contributed by atoms with Crippen molar-refractivity contribution < 1.29 is 22.8 Å². The number of alkyl halides is 3. The molecular formula is C22H23F3N4O2. The lowest BCUT2D eigenvalue weighted by Crippen LogP contribution is -2.40. The molecule has 3 rings (SSSR count). The van der Waals surface area contributed by atoms with Gasteiger partial charge in [0.05, 0.1) is 11.6 Å². The summed E-state index contributed by atoms with van der Waals surface area (Å²) < 4.78 is 40.5. The lowest BCUT2D eigenvalue weighted by atomic mass is 10.0. The fourth-order valence-corrected chi connectivity index (χ4v) is 3.44. The van der Waals surface area contributed by atoms with Gasteiger partial charge >= 0.3 is 18.0 Å². The minimum absolute atomic E-state index is 0.104. The molecule has 0 spiro atoms. The van der Waals surface area contributed by atoms with E-state index in [9.17, 15) is 22.8 Å². The third kappa shape index (κ3) is 5.05. The number of carbonyl (C=O) groups is 2. The van der Waals surface area contributed by atoms with Crippen LogP contribution in [0.15, 0.2) is 54.7 Å². The van der Waals surface area contributed by atoms with Crippen LogP contribution in [-0.4, -0.2) is 41.9 Å². The molecule has 0 radical (unpaired) electrons. The van der Waals surface area contributed by atoms with Crippen molar-refractivity contribution in [3.63, 3.8) is 0 Å². The molecule has 0 fully saturated rings. The lowest BCUT2D eigenvalue weighted by molar-refractivity contribution is -0.137. The lowest BCUT2D eigenvalue weighted by Gasteiger charge is -2.24. The van der Waals surface area contributed by atoms with Gasteiger partial charge in [-0.25, -0.2) is 0 Å². The van der Waals surface area contributed by atoms with Gasteiger partial charge in [-0.1, -0.05) is 24.3 Å². The number of nitrogens with zero attached hydrogens (tertiary/aromatic N) is 2. The molecule has 0 unspecified atom stereocenters. The Kier molecular flexibility index (Phi) is 6.35. The molecule has 0 aliphatic rings.